The quantitative estimate of drug-likeness (QED) is 0.328. The largest absolute Gasteiger partial charge is 0.219 e. The van der Waals surface area contributed by atoms with Gasteiger partial charge in [-0.25, -0.2) is 4.89 Å². The molecule has 0 bridgehead atoms. The smallest absolute Gasteiger partial charge is 0.0964 e. The topological polar surface area (TPSA) is 18.5 Å². The van der Waals surface area contributed by atoms with Crippen molar-refractivity contribution < 1.29 is 9.22 Å². The Bertz CT molecular complexity index is 57.9. The zero-order valence-corrected chi connectivity index (χ0v) is 6.54. The molecule has 2 nitrogen and oxygen atoms in total. The van der Waals surface area contributed by atoms with Crippen LogP contribution in [0, 0.1) is 0 Å². The fourth-order valence-corrected chi connectivity index (χ4v) is 0.408. The van der Waals surface area contributed by atoms with Crippen LogP contribution in [0.25, 0.3) is 0 Å². The van der Waals surface area contributed by atoms with Crippen LogP contribution in [0.2, 0.25) is 0 Å². The fraction of sp³-hybridized carbons (Fsp3) is 1.00. The Morgan fingerprint density at radius 3 is 1.88 bits per heavy atom. The second-order valence-electron chi connectivity index (χ2n) is 2.43. The van der Waals surface area contributed by atoms with Gasteiger partial charge >= 0.3 is 0 Å². The van der Waals surface area contributed by atoms with Crippen molar-refractivity contribution in [2.24, 2.45) is 0 Å². The first-order valence-electron chi connectivity index (χ1n) is 2.45. The summed E-state index contributed by atoms with van der Waals surface area (Å²) in [5.41, 5.74) is -0.191. The van der Waals surface area contributed by atoms with Gasteiger partial charge in [-0.3, -0.25) is 0 Å². The molecule has 0 aliphatic heterocycles. The highest BCUT2D eigenvalue weighted by Gasteiger charge is 2.10. The van der Waals surface area contributed by atoms with Crippen molar-refractivity contribution in [3.8, 4) is 0 Å². The van der Waals surface area contributed by atoms with Gasteiger partial charge in [0.1, 0.15) is 0 Å². The van der Waals surface area contributed by atoms with Crippen LogP contribution in [0.1, 0.15) is 20.8 Å². The van der Waals surface area contributed by atoms with Crippen LogP contribution in [0.5, 0.6) is 0 Å². The summed E-state index contributed by atoms with van der Waals surface area (Å²) in [4.78, 5) is 4.84. The van der Waals surface area contributed by atoms with Crippen LogP contribution in [0.3, 0.4) is 0 Å². The van der Waals surface area contributed by atoms with Gasteiger partial charge < -0.3 is 0 Å². The highest BCUT2D eigenvalue weighted by Crippen LogP contribution is 2.10. The van der Waals surface area contributed by atoms with Gasteiger partial charge in [0.15, 0.2) is 0 Å². The maximum absolute atomic E-state index is 4.84. The molecule has 3 heteroatoms. The molecule has 0 spiro atoms. The summed E-state index contributed by atoms with van der Waals surface area (Å²) in [7, 11) is 0. The lowest BCUT2D eigenvalue weighted by molar-refractivity contribution is -0.262. The molecule has 0 atom stereocenters. The van der Waals surface area contributed by atoms with Crippen molar-refractivity contribution in [3.63, 3.8) is 0 Å². The van der Waals surface area contributed by atoms with Crippen molar-refractivity contribution in [1.29, 1.82) is 0 Å². The molecule has 0 radical (unpaired) electrons. The lowest BCUT2D eigenvalue weighted by atomic mass is 10.2. The number of hydrogen-bond donors (Lipinski definition) is 0. The van der Waals surface area contributed by atoms with Crippen molar-refractivity contribution in [1.82, 2.24) is 0 Å². The molecule has 0 aromatic rings. The summed E-state index contributed by atoms with van der Waals surface area (Å²) in [6.07, 6.45) is 1.81. The molecule has 0 aromatic heterocycles. The molecule has 0 N–H and O–H groups in total. The van der Waals surface area contributed by atoms with E-state index in [9.17, 15) is 0 Å². The SMILES string of the molecule is CSOOC(C)(C)C. The average Bonchev–Trinajstić information content (AvgIpc) is 1.59. The highest BCUT2D eigenvalue weighted by atomic mass is 32.2. The summed E-state index contributed by atoms with van der Waals surface area (Å²) in [5.74, 6) is 0. The van der Waals surface area contributed by atoms with E-state index in [1.54, 1.807) is 0 Å². The van der Waals surface area contributed by atoms with E-state index in [1.807, 2.05) is 27.0 Å². The zero-order chi connectivity index (χ0) is 6.62. The predicted molar refractivity (Wildman–Crippen MR) is 35.4 cm³/mol. The molecule has 0 fully saturated rings. The van der Waals surface area contributed by atoms with Gasteiger partial charge in [-0.1, -0.05) is 0 Å². The molecule has 0 aliphatic rings. The molecular weight excluding hydrogens is 124 g/mol. The van der Waals surface area contributed by atoms with Gasteiger partial charge in [0.2, 0.25) is 0 Å². The van der Waals surface area contributed by atoms with Crippen molar-refractivity contribution in [3.05, 3.63) is 0 Å². The molecule has 0 saturated carbocycles. The Balaban J connectivity index is 3.11. The Hall–Kier alpha value is 0.270. The second-order valence-corrected chi connectivity index (χ2v) is 2.90. The molecule has 0 amide bonds. The summed E-state index contributed by atoms with van der Waals surface area (Å²) < 4.78 is 4.61. The van der Waals surface area contributed by atoms with Crippen LogP contribution in [-0.2, 0) is 9.22 Å². The van der Waals surface area contributed by atoms with Crippen LogP contribution in [-0.4, -0.2) is 11.9 Å². The van der Waals surface area contributed by atoms with Gasteiger partial charge in [0.05, 0.1) is 5.60 Å². The molecule has 0 heterocycles. The van der Waals surface area contributed by atoms with Crippen LogP contribution < -0.4 is 0 Å². The minimum Gasteiger partial charge on any atom is -0.219 e. The number of rotatable bonds is 2. The van der Waals surface area contributed by atoms with E-state index in [0.29, 0.717) is 0 Å². The fourth-order valence-electron chi connectivity index (χ4n) is 0.136. The summed E-state index contributed by atoms with van der Waals surface area (Å²) in [6.45, 7) is 5.80. The van der Waals surface area contributed by atoms with E-state index >= 15 is 0 Å². The van der Waals surface area contributed by atoms with Crippen molar-refractivity contribution >= 4 is 12.0 Å². The maximum Gasteiger partial charge on any atom is 0.0964 e. The van der Waals surface area contributed by atoms with E-state index < -0.39 is 0 Å². The van der Waals surface area contributed by atoms with Crippen LogP contribution in [0.15, 0.2) is 0 Å². The van der Waals surface area contributed by atoms with E-state index in [1.165, 1.54) is 12.0 Å². The van der Waals surface area contributed by atoms with E-state index in [2.05, 4.69) is 4.33 Å². The van der Waals surface area contributed by atoms with E-state index in [4.69, 9.17) is 4.89 Å². The first-order valence-corrected chi connectivity index (χ1v) is 3.60. The third-order valence-electron chi connectivity index (χ3n) is 0.352. The first kappa shape index (κ1) is 8.27. The van der Waals surface area contributed by atoms with Crippen LogP contribution >= 0.6 is 12.0 Å². The van der Waals surface area contributed by atoms with Gasteiger partial charge in [-0.2, -0.15) is 4.33 Å². The third kappa shape index (κ3) is 6.27. The first-order chi connectivity index (χ1) is 3.56. The number of hydrogen-bond acceptors (Lipinski definition) is 3. The second kappa shape index (κ2) is 3.33. The van der Waals surface area contributed by atoms with E-state index in [0.717, 1.165) is 0 Å². The molecule has 0 rings (SSSR count). The Labute approximate surface area is 54.7 Å². The normalized spacial score (nSPS) is 12.0. The molecule has 0 unspecified atom stereocenters. The van der Waals surface area contributed by atoms with Gasteiger partial charge in [-0.15, -0.1) is 0 Å². The summed E-state index contributed by atoms with van der Waals surface area (Å²) in [5, 5.41) is 0. The Morgan fingerprint density at radius 2 is 1.75 bits per heavy atom. The maximum atomic E-state index is 4.84. The average molecular weight is 136 g/mol. The molecule has 0 saturated heterocycles. The summed E-state index contributed by atoms with van der Waals surface area (Å²) >= 11 is 1.21. The van der Waals surface area contributed by atoms with Gasteiger partial charge in [-0.05, 0) is 20.8 Å². The third-order valence-corrected chi connectivity index (χ3v) is 0.556. The van der Waals surface area contributed by atoms with Gasteiger partial charge in [0.25, 0.3) is 0 Å². The lowest BCUT2D eigenvalue weighted by Crippen LogP contribution is -2.17. The molecule has 50 valence electrons. The minimum atomic E-state index is -0.191. The highest BCUT2D eigenvalue weighted by molar-refractivity contribution is 7.93. The minimum absolute atomic E-state index is 0.191. The zero-order valence-electron chi connectivity index (χ0n) is 5.72. The lowest BCUT2D eigenvalue weighted by Gasteiger charge is -2.15. The molecule has 0 aliphatic carbocycles. The predicted octanol–water partition coefficient (Wildman–Crippen LogP) is 2.01. The molecule has 8 heavy (non-hydrogen) atoms. The molecule has 0 aromatic carbocycles. The Morgan fingerprint density at radius 1 is 1.25 bits per heavy atom. The Kier molecular flexibility index (Phi) is 3.44. The van der Waals surface area contributed by atoms with Gasteiger partial charge in [0, 0.05) is 18.3 Å². The van der Waals surface area contributed by atoms with Crippen molar-refractivity contribution in [2.45, 2.75) is 26.4 Å². The molecular formula is C5H12O2S. The van der Waals surface area contributed by atoms with E-state index in [-0.39, 0.29) is 5.60 Å². The standard InChI is InChI=1S/C5H12O2S/c1-5(2,3)6-7-8-4/h1-4H3. The van der Waals surface area contributed by atoms with Crippen LogP contribution in [0.4, 0.5) is 0 Å². The monoisotopic (exact) mass is 136 g/mol. The summed E-state index contributed by atoms with van der Waals surface area (Å²) in [6, 6.07) is 0. The van der Waals surface area contributed by atoms with Crippen molar-refractivity contribution in [2.75, 3.05) is 6.26 Å².